The average molecular weight is 411 g/mol. The number of rotatable bonds is 7. The van der Waals surface area contributed by atoms with E-state index in [9.17, 15) is 9.00 Å². The Morgan fingerprint density at radius 1 is 1.33 bits per heavy atom. The number of H-pyrrole nitrogens is 1. The van der Waals surface area contributed by atoms with Crippen LogP contribution in [-0.2, 0) is 16.3 Å². The lowest BCUT2D eigenvalue weighted by Crippen LogP contribution is -2.18. The maximum absolute atomic E-state index is 12.6. The van der Waals surface area contributed by atoms with Crippen LogP contribution in [-0.4, -0.2) is 42.5 Å². The number of anilines is 1. The summed E-state index contributed by atoms with van der Waals surface area (Å²) in [6.07, 6.45) is 0.386. The van der Waals surface area contributed by atoms with Crippen molar-refractivity contribution in [3.05, 3.63) is 40.3 Å². The quantitative estimate of drug-likeness (QED) is 0.400. The number of hydrogen-bond donors (Lipinski definition) is 3. The third kappa shape index (κ3) is 3.91. The zero-order chi connectivity index (χ0) is 19.6. The molecule has 0 amide bonds. The molecule has 1 atom stereocenters. The fraction of sp³-hybridized carbons (Fsp3) is 0.312. The van der Waals surface area contributed by atoms with Crippen molar-refractivity contribution in [2.24, 2.45) is 0 Å². The van der Waals surface area contributed by atoms with Gasteiger partial charge in [0.05, 0.1) is 13.7 Å². The Labute approximate surface area is 160 Å². The molecule has 0 saturated carbocycles. The van der Waals surface area contributed by atoms with E-state index in [1.54, 1.807) is 19.2 Å². The van der Waals surface area contributed by atoms with Gasteiger partial charge in [-0.2, -0.15) is 4.98 Å². The first-order valence-electron chi connectivity index (χ1n) is 8.07. The lowest BCUT2D eigenvalue weighted by atomic mass is 10.2. The van der Waals surface area contributed by atoms with Crippen LogP contribution in [0.5, 0.6) is 5.75 Å². The largest absolute Gasteiger partial charge is 0.497 e. The summed E-state index contributed by atoms with van der Waals surface area (Å²) < 4.78 is 27.2. The van der Waals surface area contributed by atoms with Gasteiger partial charge in [-0.15, -0.1) is 11.6 Å². The minimum absolute atomic E-state index is 0.0218. The van der Waals surface area contributed by atoms with Gasteiger partial charge >= 0.3 is 5.69 Å². The highest BCUT2D eigenvalue weighted by Crippen LogP contribution is 2.19. The summed E-state index contributed by atoms with van der Waals surface area (Å²) in [5.41, 5.74) is 6.80. The average Bonchev–Trinajstić information content (AvgIpc) is 2.97. The molecule has 0 bridgehead atoms. The lowest BCUT2D eigenvalue weighted by Gasteiger charge is -2.08. The van der Waals surface area contributed by atoms with Gasteiger partial charge in [0.25, 0.3) is 0 Å². The molecule has 0 radical (unpaired) electrons. The van der Waals surface area contributed by atoms with Gasteiger partial charge in [-0.1, -0.05) is 12.1 Å². The molecule has 11 heteroatoms. The van der Waals surface area contributed by atoms with Crippen molar-refractivity contribution < 1.29 is 8.95 Å². The Morgan fingerprint density at radius 2 is 2.04 bits per heavy atom. The van der Waals surface area contributed by atoms with E-state index >= 15 is 0 Å². The molecule has 9 nitrogen and oxygen atoms in total. The van der Waals surface area contributed by atoms with Gasteiger partial charge in [0.1, 0.15) is 21.0 Å². The number of halogens is 1. The fourth-order valence-electron chi connectivity index (χ4n) is 2.59. The van der Waals surface area contributed by atoms with Crippen LogP contribution in [0.25, 0.3) is 11.2 Å². The molecule has 0 spiro atoms. The number of benzene rings is 1. The Morgan fingerprint density at radius 3 is 2.67 bits per heavy atom. The second kappa shape index (κ2) is 7.57. The van der Waals surface area contributed by atoms with Crippen molar-refractivity contribution in [3.63, 3.8) is 0 Å². The molecule has 0 saturated heterocycles. The minimum Gasteiger partial charge on any atom is -0.497 e. The molecule has 0 aliphatic rings. The number of imidazole rings is 1. The fourth-order valence-corrected chi connectivity index (χ4v) is 4.09. The van der Waals surface area contributed by atoms with Gasteiger partial charge in [-0.25, -0.2) is 18.8 Å². The summed E-state index contributed by atoms with van der Waals surface area (Å²) in [6, 6.07) is 7.22. The Bertz CT molecular complexity index is 1120. The third-order valence-electron chi connectivity index (χ3n) is 3.99. The van der Waals surface area contributed by atoms with Crippen LogP contribution in [0.15, 0.2) is 34.2 Å². The molecule has 144 valence electrons. The number of aromatic nitrogens is 4. The summed E-state index contributed by atoms with van der Waals surface area (Å²) in [4.78, 5) is 23.2. The maximum atomic E-state index is 12.6. The Balaban J connectivity index is 2.07. The van der Waals surface area contributed by atoms with Crippen molar-refractivity contribution in [1.82, 2.24) is 19.5 Å². The molecule has 2 aromatic heterocycles. The normalized spacial score (nSPS) is 13.6. The molecular weight excluding hydrogens is 392 g/mol. The molecule has 2 heterocycles. The second-order valence-corrected chi connectivity index (χ2v) is 8.38. The predicted molar refractivity (Wildman–Crippen MR) is 104 cm³/mol. The van der Waals surface area contributed by atoms with Crippen LogP contribution >= 0.6 is 11.6 Å². The Kier molecular flexibility index (Phi) is 5.38. The summed E-state index contributed by atoms with van der Waals surface area (Å²) in [5.74, 6) is 0.979. The van der Waals surface area contributed by atoms with E-state index in [4.69, 9.17) is 26.9 Å². The van der Waals surface area contributed by atoms with Crippen LogP contribution in [0.3, 0.4) is 0 Å². The molecule has 0 aliphatic carbocycles. The van der Waals surface area contributed by atoms with Crippen molar-refractivity contribution >= 4 is 38.3 Å². The molecule has 27 heavy (non-hydrogen) atoms. The van der Waals surface area contributed by atoms with Crippen molar-refractivity contribution in [2.45, 2.75) is 18.1 Å². The van der Waals surface area contributed by atoms with E-state index in [2.05, 4.69) is 15.0 Å². The topological polar surface area (TPSA) is 140 Å². The van der Waals surface area contributed by atoms with E-state index in [1.165, 1.54) is 4.57 Å². The number of ether oxygens (including phenoxy) is 1. The van der Waals surface area contributed by atoms with Gasteiger partial charge < -0.3 is 15.5 Å². The van der Waals surface area contributed by atoms with Gasteiger partial charge in [0, 0.05) is 11.6 Å². The molecule has 4 N–H and O–H groups in total. The highest BCUT2D eigenvalue weighted by molar-refractivity contribution is 7.92. The van der Waals surface area contributed by atoms with Crippen molar-refractivity contribution in [3.8, 4) is 5.75 Å². The number of methoxy groups -OCH3 is 1. The van der Waals surface area contributed by atoms with Gasteiger partial charge in [-0.05, 0) is 24.1 Å². The first-order chi connectivity index (χ1) is 12.9. The smallest absolute Gasteiger partial charge is 0.328 e. The first-order valence-corrected chi connectivity index (χ1v) is 10.3. The predicted octanol–water partition coefficient (Wildman–Crippen LogP) is 1.79. The number of nitrogen functional groups attached to an aromatic ring is 1. The number of nitrogens with two attached hydrogens (primary N) is 1. The third-order valence-corrected chi connectivity index (χ3v) is 5.89. The van der Waals surface area contributed by atoms with E-state index in [1.807, 2.05) is 12.1 Å². The van der Waals surface area contributed by atoms with Crippen LogP contribution < -0.4 is 16.2 Å². The minimum atomic E-state index is -3.26. The van der Waals surface area contributed by atoms with Crippen LogP contribution in [0.4, 0.5) is 5.82 Å². The number of nitrogens with zero attached hydrogens (tertiary/aromatic N) is 3. The number of aromatic amines is 1. The van der Waals surface area contributed by atoms with Gasteiger partial charge in [0.2, 0.25) is 5.16 Å². The number of nitrogens with one attached hydrogen (secondary N) is 2. The van der Waals surface area contributed by atoms with E-state index in [0.717, 1.165) is 5.56 Å². The first kappa shape index (κ1) is 19.2. The molecule has 3 rings (SSSR count). The van der Waals surface area contributed by atoms with Crippen LogP contribution in [0.2, 0.25) is 0 Å². The van der Waals surface area contributed by atoms with E-state index in [0.29, 0.717) is 12.2 Å². The van der Waals surface area contributed by atoms with E-state index in [-0.39, 0.29) is 40.3 Å². The monoisotopic (exact) mass is 410 g/mol. The van der Waals surface area contributed by atoms with Crippen LogP contribution in [0.1, 0.15) is 12.0 Å². The highest BCUT2D eigenvalue weighted by Gasteiger charge is 2.20. The zero-order valence-corrected chi connectivity index (χ0v) is 16.1. The van der Waals surface area contributed by atoms with Crippen molar-refractivity contribution in [2.75, 3.05) is 24.5 Å². The molecular formula is C16H19ClN6O3S. The molecule has 1 unspecified atom stereocenters. The SMILES string of the molecule is COc1ccc(Cn2c(=O)[nH]c3c(N)nc(S(=N)(=O)CCCCl)nc32)cc1. The zero-order valence-electron chi connectivity index (χ0n) is 14.6. The summed E-state index contributed by atoms with van der Waals surface area (Å²) in [7, 11) is -1.69. The second-order valence-electron chi connectivity index (χ2n) is 5.88. The van der Waals surface area contributed by atoms with Crippen LogP contribution in [0, 0.1) is 4.78 Å². The lowest BCUT2D eigenvalue weighted by molar-refractivity contribution is 0.414. The number of fused-ring (bicyclic) bond motifs is 1. The number of alkyl halides is 1. The highest BCUT2D eigenvalue weighted by atomic mass is 35.5. The molecule has 0 fully saturated rings. The maximum Gasteiger partial charge on any atom is 0.328 e. The van der Waals surface area contributed by atoms with E-state index < -0.39 is 15.4 Å². The van der Waals surface area contributed by atoms with Gasteiger partial charge in [-0.3, -0.25) is 4.57 Å². The molecule has 3 aromatic rings. The van der Waals surface area contributed by atoms with Gasteiger partial charge in [0.15, 0.2) is 11.5 Å². The Hall–Kier alpha value is -2.59. The summed E-state index contributed by atoms with van der Waals surface area (Å²) >= 11 is 5.63. The summed E-state index contributed by atoms with van der Waals surface area (Å²) in [5, 5.41) is -0.194. The molecule has 1 aromatic carbocycles. The summed E-state index contributed by atoms with van der Waals surface area (Å²) in [6.45, 7) is 0.222. The number of hydrogen-bond acceptors (Lipinski definition) is 7. The molecule has 0 aliphatic heterocycles. The van der Waals surface area contributed by atoms with Crippen molar-refractivity contribution in [1.29, 1.82) is 4.78 Å². The standard InChI is InChI=1S/C16H19ClN6O3S/c1-26-11-5-3-10(4-6-11)9-23-14-12(20-16(23)24)13(18)21-15(22-14)27(19,25)8-2-7-17/h3-6,19H,2,7-9H2,1H3,(H,20,24)(H2,18,21,22).